The molecule has 2 fully saturated rings. The summed E-state index contributed by atoms with van der Waals surface area (Å²) in [6, 6.07) is 7.46. The van der Waals surface area contributed by atoms with Gasteiger partial charge in [-0.15, -0.1) is 0 Å². The number of hydrogen-bond acceptors (Lipinski definition) is 6. The second kappa shape index (κ2) is 6.52. The fourth-order valence-electron chi connectivity index (χ4n) is 3.46. The van der Waals surface area contributed by atoms with Gasteiger partial charge >= 0.3 is 0 Å². The second-order valence-corrected chi connectivity index (χ2v) is 6.20. The quantitative estimate of drug-likeness (QED) is 0.906. The average molecular weight is 325 g/mol. The molecule has 0 spiro atoms. The average Bonchev–Trinajstić information content (AvgIpc) is 3.22. The normalized spacial score (nSPS) is 25.5. The van der Waals surface area contributed by atoms with Crippen LogP contribution in [0.3, 0.4) is 0 Å². The molecular weight excluding hydrogens is 306 g/mol. The van der Waals surface area contributed by atoms with Gasteiger partial charge in [-0.1, -0.05) is 6.07 Å². The number of anilines is 1. The molecule has 124 valence electrons. The Bertz CT molecular complexity index is 697. The monoisotopic (exact) mass is 325 g/mol. The van der Waals surface area contributed by atoms with Crippen LogP contribution in [0.2, 0.25) is 0 Å². The van der Waals surface area contributed by atoms with E-state index in [1.165, 1.54) is 6.33 Å². The van der Waals surface area contributed by atoms with Crippen LogP contribution in [0.4, 0.5) is 5.82 Å². The Morgan fingerprint density at radius 1 is 1.25 bits per heavy atom. The molecule has 2 aliphatic heterocycles. The van der Waals surface area contributed by atoms with E-state index in [4.69, 9.17) is 4.74 Å². The number of nitrogens with zero attached hydrogens (tertiary/aromatic N) is 4. The first-order valence-electron chi connectivity index (χ1n) is 8.13. The van der Waals surface area contributed by atoms with Crippen LogP contribution in [0.15, 0.2) is 43.0 Å². The van der Waals surface area contributed by atoms with Crippen molar-refractivity contribution in [3.05, 3.63) is 48.7 Å². The lowest BCUT2D eigenvalue weighted by Gasteiger charge is -2.20. The molecule has 2 aromatic rings. The van der Waals surface area contributed by atoms with Crippen molar-refractivity contribution in [2.75, 3.05) is 31.6 Å². The van der Waals surface area contributed by atoms with Gasteiger partial charge in [-0.05, 0) is 18.2 Å². The van der Waals surface area contributed by atoms with Crippen LogP contribution in [0.5, 0.6) is 0 Å². The van der Waals surface area contributed by atoms with Crippen molar-refractivity contribution >= 4 is 11.7 Å². The van der Waals surface area contributed by atoms with Gasteiger partial charge in [-0.3, -0.25) is 4.79 Å². The molecule has 0 unspecified atom stereocenters. The van der Waals surface area contributed by atoms with E-state index in [1.54, 1.807) is 18.5 Å². The number of ether oxygens (including phenoxy) is 1. The highest BCUT2D eigenvalue weighted by Crippen LogP contribution is 2.34. The lowest BCUT2D eigenvalue weighted by atomic mass is 9.93. The minimum atomic E-state index is -0.0492. The summed E-state index contributed by atoms with van der Waals surface area (Å²) >= 11 is 0. The summed E-state index contributed by atoms with van der Waals surface area (Å²) in [5.74, 6) is 1.55. The van der Waals surface area contributed by atoms with Crippen molar-refractivity contribution < 1.29 is 9.53 Å². The van der Waals surface area contributed by atoms with Crippen LogP contribution in [0, 0.1) is 11.8 Å². The van der Waals surface area contributed by atoms with E-state index in [1.807, 2.05) is 23.1 Å². The molecule has 1 N–H and O–H groups in total. The zero-order valence-electron chi connectivity index (χ0n) is 13.2. The van der Waals surface area contributed by atoms with Crippen LogP contribution in [0.25, 0.3) is 0 Å². The van der Waals surface area contributed by atoms with Crippen molar-refractivity contribution in [3.8, 4) is 0 Å². The molecule has 0 radical (unpaired) electrons. The van der Waals surface area contributed by atoms with Gasteiger partial charge in [-0.25, -0.2) is 15.0 Å². The van der Waals surface area contributed by atoms with Crippen LogP contribution in [-0.2, 0) is 4.74 Å². The molecule has 7 heteroatoms. The molecule has 24 heavy (non-hydrogen) atoms. The molecule has 7 nitrogen and oxygen atoms in total. The standard InChI is InChI=1S/C17H19N5O2/c23-17(14-4-6-18-11-21-14)22-8-13-12(10-24-15(13)9-22)7-20-16-3-1-2-5-19-16/h1-6,11-13,15H,7-10H2,(H,19,20)/t12-,13+,15+/m1/s1. The number of carbonyl (C=O) groups is 1. The summed E-state index contributed by atoms with van der Waals surface area (Å²) in [4.78, 5) is 26.5. The van der Waals surface area contributed by atoms with E-state index >= 15 is 0 Å². The molecular formula is C17H19N5O2. The summed E-state index contributed by atoms with van der Waals surface area (Å²) < 4.78 is 5.91. The smallest absolute Gasteiger partial charge is 0.272 e. The maximum Gasteiger partial charge on any atom is 0.272 e. The fraction of sp³-hybridized carbons (Fsp3) is 0.412. The van der Waals surface area contributed by atoms with Crippen LogP contribution < -0.4 is 5.32 Å². The van der Waals surface area contributed by atoms with Gasteiger partial charge in [0.15, 0.2) is 0 Å². The molecule has 0 aliphatic carbocycles. The maximum atomic E-state index is 12.5. The first kappa shape index (κ1) is 15.0. The van der Waals surface area contributed by atoms with E-state index in [0.29, 0.717) is 30.6 Å². The predicted molar refractivity (Wildman–Crippen MR) is 87.4 cm³/mol. The molecule has 0 saturated carbocycles. The lowest BCUT2D eigenvalue weighted by molar-refractivity contribution is 0.0675. The Hall–Kier alpha value is -2.54. The van der Waals surface area contributed by atoms with Crippen LogP contribution >= 0.6 is 0 Å². The van der Waals surface area contributed by atoms with E-state index in [2.05, 4.69) is 20.3 Å². The van der Waals surface area contributed by atoms with E-state index in [-0.39, 0.29) is 12.0 Å². The minimum Gasteiger partial charge on any atom is -0.376 e. The van der Waals surface area contributed by atoms with Gasteiger partial charge < -0.3 is 15.0 Å². The fourth-order valence-corrected chi connectivity index (χ4v) is 3.46. The maximum absolute atomic E-state index is 12.5. The SMILES string of the molecule is O=C(c1ccncn1)N1C[C@H]2[C@H](CNc3ccccn3)CO[C@H]2C1. The van der Waals surface area contributed by atoms with Gasteiger partial charge in [0.1, 0.15) is 17.8 Å². The molecule has 0 aromatic carbocycles. The number of nitrogens with one attached hydrogen (secondary N) is 1. The van der Waals surface area contributed by atoms with E-state index in [9.17, 15) is 4.79 Å². The van der Waals surface area contributed by atoms with Gasteiger partial charge in [-0.2, -0.15) is 0 Å². The molecule has 4 heterocycles. The van der Waals surface area contributed by atoms with E-state index < -0.39 is 0 Å². The number of hydrogen-bond donors (Lipinski definition) is 1. The molecule has 3 atom stereocenters. The highest BCUT2D eigenvalue weighted by atomic mass is 16.5. The van der Waals surface area contributed by atoms with Crippen molar-refractivity contribution in [2.45, 2.75) is 6.10 Å². The third-order valence-electron chi connectivity index (χ3n) is 4.74. The zero-order chi connectivity index (χ0) is 16.4. The van der Waals surface area contributed by atoms with Gasteiger partial charge in [0.25, 0.3) is 5.91 Å². The highest BCUT2D eigenvalue weighted by Gasteiger charge is 2.45. The Morgan fingerprint density at radius 2 is 2.21 bits per heavy atom. The third kappa shape index (κ3) is 2.94. The number of amides is 1. The molecule has 2 saturated heterocycles. The van der Waals surface area contributed by atoms with Crippen molar-refractivity contribution in [1.82, 2.24) is 19.9 Å². The summed E-state index contributed by atoms with van der Waals surface area (Å²) in [5.41, 5.74) is 0.438. The first-order chi connectivity index (χ1) is 11.8. The second-order valence-electron chi connectivity index (χ2n) is 6.20. The predicted octanol–water partition coefficient (Wildman–Crippen LogP) is 1.07. The number of fused-ring (bicyclic) bond motifs is 1. The minimum absolute atomic E-state index is 0.0492. The van der Waals surface area contributed by atoms with Gasteiger partial charge in [0.2, 0.25) is 0 Å². The van der Waals surface area contributed by atoms with Gasteiger partial charge in [0.05, 0.1) is 12.7 Å². The topological polar surface area (TPSA) is 80.2 Å². The Morgan fingerprint density at radius 3 is 3.00 bits per heavy atom. The summed E-state index contributed by atoms with van der Waals surface area (Å²) in [6.07, 6.45) is 4.88. The first-order valence-corrected chi connectivity index (χ1v) is 8.13. The van der Waals surface area contributed by atoms with Gasteiger partial charge in [0, 0.05) is 43.9 Å². The molecule has 2 aromatic heterocycles. The molecule has 2 aliphatic rings. The van der Waals surface area contributed by atoms with Crippen LogP contribution in [0.1, 0.15) is 10.5 Å². The lowest BCUT2D eigenvalue weighted by Crippen LogP contribution is -2.32. The zero-order valence-corrected chi connectivity index (χ0v) is 13.2. The number of aromatic nitrogens is 3. The van der Waals surface area contributed by atoms with Crippen LogP contribution in [-0.4, -0.2) is 58.1 Å². The number of likely N-dealkylation sites (tertiary alicyclic amines) is 1. The number of carbonyl (C=O) groups excluding carboxylic acids is 1. The summed E-state index contributed by atoms with van der Waals surface area (Å²) in [7, 11) is 0. The Labute approximate surface area is 140 Å². The number of pyridine rings is 1. The highest BCUT2D eigenvalue weighted by molar-refractivity contribution is 5.92. The summed E-state index contributed by atoms with van der Waals surface area (Å²) in [5, 5.41) is 3.36. The largest absolute Gasteiger partial charge is 0.376 e. The Balaban J connectivity index is 1.37. The number of rotatable bonds is 4. The molecule has 4 rings (SSSR count). The van der Waals surface area contributed by atoms with E-state index in [0.717, 1.165) is 19.0 Å². The van der Waals surface area contributed by atoms with Crippen molar-refractivity contribution in [2.24, 2.45) is 11.8 Å². The van der Waals surface area contributed by atoms with Crippen molar-refractivity contribution in [1.29, 1.82) is 0 Å². The molecule has 1 amide bonds. The molecule has 0 bridgehead atoms. The van der Waals surface area contributed by atoms with Crippen molar-refractivity contribution in [3.63, 3.8) is 0 Å². The third-order valence-corrected chi connectivity index (χ3v) is 4.74. The Kier molecular flexibility index (Phi) is 4.08. The summed E-state index contributed by atoms with van der Waals surface area (Å²) in [6.45, 7) is 2.87.